The lowest BCUT2D eigenvalue weighted by Gasteiger charge is -1.74. The minimum absolute atomic E-state index is 0.208. The lowest BCUT2D eigenvalue weighted by atomic mass is 10.5. The summed E-state index contributed by atoms with van der Waals surface area (Å²) >= 11 is 0. The van der Waals surface area contributed by atoms with Crippen molar-refractivity contribution in [1.82, 2.24) is 0 Å². The maximum absolute atomic E-state index is 10.6. The molecular formula is C8H10O3. The summed E-state index contributed by atoms with van der Waals surface area (Å²) in [5.74, 6) is -0.208. The number of aliphatic hydroxyl groups excluding tert-OH is 1. The van der Waals surface area contributed by atoms with E-state index < -0.39 is 0 Å². The van der Waals surface area contributed by atoms with Crippen molar-refractivity contribution >= 4 is 0 Å². The van der Waals surface area contributed by atoms with Crippen LogP contribution in [0.4, 0.5) is 0 Å². The molecule has 0 aromatic heterocycles. The minimum atomic E-state index is -0.347. The van der Waals surface area contributed by atoms with Gasteiger partial charge in [-0.3, -0.25) is 4.79 Å². The second-order valence-corrected chi connectivity index (χ2v) is 1.66. The van der Waals surface area contributed by atoms with Crippen molar-refractivity contribution in [3.05, 3.63) is 40.6 Å². The Morgan fingerprint density at radius 2 is 1.64 bits per heavy atom. The van der Waals surface area contributed by atoms with E-state index in [1.54, 1.807) is 18.2 Å². The molecule has 0 saturated heterocycles. The monoisotopic (exact) mass is 154 g/mol. The third-order valence-electron chi connectivity index (χ3n) is 0.976. The smallest absolute Gasteiger partial charge is 0.220 e. The molecule has 0 atom stereocenters. The van der Waals surface area contributed by atoms with E-state index in [0.29, 0.717) is 0 Å². The SMILES string of the molecule is CO.O=c1cccccc1O. The molecule has 0 unspecified atom stereocenters. The largest absolute Gasteiger partial charge is 0.504 e. The number of hydrogen-bond donors (Lipinski definition) is 2. The molecule has 60 valence electrons. The summed E-state index contributed by atoms with van der Waals surface area (Å²) in [4.78, 5) is 10.6. The van der Waals surface area contributed by atoms with Gasteiger partial charge in [-0.2, -0.15) is 0 Å². The number of aromatic hydroxyl groups is 1. The highest BCUT2D eigenvalue weighted by Crippen LogP contribution is 1.93. The lowest BCUT2D eigenvalue weighted by molar-refractivity contribution is 0.399. The van der Waals surface area contributed by atoms with Crippen LogP contribution in [0, 0.1) is 0 Å². The highest BCUT2D eigenvalue weighted by atomic mass is 16.3. The molecule has 0 bridgehead atoms. The fraction of sp³-hybridized carbons (Fsp3) is 0.125. The third-order valence-corrected chi connectivity index (χ3v) is 0.976. The third kappa shape index (κ3) is 3.37. The summed E-state index contributed by atoms with van der Waals surface area (Å²) in [6, 6.07) is 7.55. The molecule has 0 aliphatic rings. The molecule has 0 radical (unpaired) electrons. The molecule has 1 aromatic carbocycles. The zero-order chi connectivity index (χ0) is 8.69. The van der Waals surface area contributed by atoms with Crippen LogP contribution in [0.2, 0.25) is 0 Å². The summed E-state index contributed by atoms with van der Waals surface area (Å²) < 4.78 is 0. The quantitative estimate of drug-likeness (QED) is 0.567. The molecule has 1 rings (SSSR count). The van der Waals surface area contributed by atoms with Crippen molar-refractivity contribution in [1.29, 1.82) is 0 Å². The Kier molecular flexibility index (Phi) is 4.77. The molecule has 3 nitrogen and oxygen atoms in total. The van der Waals surface area contributed by atoms with E-state index in [9.17, 15) is 4.79 Å². The topological polar surface area (TPSA) is 57.5 Å². The molecule has 11 heavy (non-hydrogen) atoms. The molecule has 0 amide bonds. The Hall–Kier alpha value is -1.35. The normalized spacial score (nSPS) is 7.82. The number of rotatable bonds is 0. The van der Waals surface area contributed by atoms with E-state index in [1.165, 1.54) is 12.1 Å². The molecule has 0 aliphatic heterocycles. The van der Waals surface area contributed by atoms with Crippen LogP contribution < -0.4 is 5.43 Å². The van der Waals surface area contributed by atoms with Gasteiger partial charge in [-0.25, -0.2) is 0 Å². The standard InChI is InChI=1S/C7H6O2.CH4O/c8-6-4-2-1-3-5-7(6)9;1-2/h1-5H,(H,8,9);2H,1H3. The summed E-state index contributed by atoms with van der Waals surface area (Å²) in [6.45, 7) is 0. The van der Waals surface area contributed by atoms with Crippen LogP contribution in [0.15, 0.2) is 35.1 Å². The van der Waals surface area contributed by atoms with Crippen molar-refractivity contribution in [3.63, 3.8) is 0 Å². The van der Waals surface area contributed by atoms with E-state index >= 15 is 0 Å². The molecule has 0 fully saturated rings. The molecule has 3 heteroatoms. The number of aliphatic hydroxyl groups is 1. The van der Waals surface area contributed by atoms with Crippen LogP contribution in [0.5, 0.6) is 5.75 Å². The van der Waals surface area contributed by atoms with Gasteiger partial charge < -0.3 is 10.2 Å². The van der Waals surface area contributed by atoms with Crippen LogP contribution in [-0.2, 0) is 0 Å². The van der Waals surface area contributed by atoms with Crippen LogP contribution in [0.1, 0.15) is 0 Å². The van der Waals surface area contributed by atoms with Crippen molar-refractivity contribution < 1.29 is 10.2 Å². The Labute approximate surface area is 64.6 Å². The van der Waals surface area contributed by atoms with Gasteiger partial charge in [-0.1, -0.05) is 18.2 Å². The van der Waals surface area contributed by atoms with E-state index in [-0.39, 0.29) is 11.2 Å². The molecule has 0 spiro atoms. The minimum Gasteiger partial charge on any atom is -0.504 e. The van der Waals surface area contributed by atoms with Gasteiger partial charge in [0.15, 0.2) is 5.75 Å². The molecule has 1 aromatic rings. The van der Waals surface area contributed by atoms with Crippen molar-refractivity contribution in [2.45, 2.75) is 0 Å². The summed E-state index contributed by atoms with van der Waals surface area (Å²) in [7, 11) is 1.00. The van der Waals surface area contributed by atoms with E-state index in [1.807, 2.05) is 0 Å². The Morgan fingerprint density at radius 1 is 1.09 bits per heavy atom. The van der Waals surface area contributed by atoms with Crippen molar-refractivity contribution in [2.24, 2.45) is 0 Å². The van der Waals surface area contributed by atoms with Crippen LogP contribution in [0.25, 0.3) is 0 Å². The Balaban J connectivity index is 0.000000461. The average Bonchev–Trinajstić information content (AvgIpc) is 2.22. The highest BCUT2D eigenvalue weighted by molar-refractivity contribution is 5.17. The molecule has 0 saturated carbocycles. The maximum atomic E-state index is 10.6. The van der Waals surface area contributed by atoms with Crippen LogP contribution in [0.3, 0.4) is 0 Å². The van der Waals surface area contributed by atoms with Gasteiger partial charge >= 0.3 is 0 Å². The molecule has 0 aliphatic carbocycles. The zero-order valence-corrected chi connectivity index (χ0v) is 6.19. The fourth-order valence-corrected chi connectivity index (χ4v) is 0.521. The lowest BCUT2D eigenvalue weighted by Crippen LogP contribution is -1.90. The average molecular weight is 154 g/mol. The van der Waals surface area contributed by atoms with E-state index in [4.69, 9.17) is 10.2 Å². The second-order valence-electron chi connectivity index (χ2n) is 1.66. The first-order chi connectivity index (χ1) is 5.30. The predicted molar refractivity (Wildman–Crippen MR) is 42.5 cm³/mol. The maximum Gasteiger partial charge on any atom is 0.220 e. The molecular weight excluding hydrogens is 144 g/mol. The van der Waals surface area contributed by atoms with Crippen LogP contribution >= 0.6 is 0 Å². The summed E-state index contributed by atoms with van der Waals surface area (Å²) in [5, 5.41) is 15.8. The van der Waals surface area contributed by atoms with E-state index in [2.05, 4.69) is 0 Å². The van der Waals surface area contributed by atoms with Gasteiger partial charge in [-0.05, 0) is 12.1 Å². The highest BCUT2D eigenvalue weighted by Gasteiger charge is 1.85. The van der Waals surface area contributed by atoms with Crippen molar-refractivity contribution in [2.75, 3.05) is 7.11 Å². The van der Waals surface area contributed by atoms with Gasteiger partial charge in [0, 0.05) is 7.11 Å². The first-order valence-corrected chi connectivity index (χ1v) is 3.04. The van der Waals surface area contributed by atoms with Crippen molar-refractivity contribution in [3.8, 4) is 5.75 Å². The first kappa shape index (κ1) is 9.65. The van der Waals surface area contributed by atoms with Gasteiger partial charge in [-0.15, -0.1) is 0 Å². The van der Waals surface area contributed by atoms with Gasteiger partial charge in [0.2, 0.25) is 5.43 Å². The van der Waals surface area contributed by atoms with Gasteiger partial charge in [0.1, 0.15) is 0 Å². The van der Waals surface area contributed by atoms with Crippen LogP contribution in [-0.4, -0.2) is 17.3 Å². The van der Waals surface area contributed by atoms with Gasteiger partial charge in [0.05, 0.1) is 0 Å². The molecule has 2 N–H and O–H groups in total. The first-order valence-electron chi connectivity index (χ1n) is 3.04. The Bertz CT molecular complexity index is 257. The summed E-state index contributed by atoms with van der Waals surface area (Å²) in [5.41, 5.74) is -0.347. The predicted octanol–water partition coefficient (Wildman–Crippen LogP) is 0.361. The fourth-order valence-electron chi connectivity index (χ4n) is 0.521. The second kappa shape index (κ2) is 5.44. The molecule has 0 heterocycles. The van der Waals surface area contributed by atoms with Gasteiger partial charge in [0.25, 0.3) is 0 Å². The number of hydrogen-bond acceptors (Lipinski definition) is 3. The van der Waals surface area contributed by atoms with E-state index in [0.717, 1.165) is 7.11 Å². The zero-order valence-electron chi connectivity index (χ0n) is 6.19. The summed E-state index contributed by atoms with van der Waals surface area (Å²) in [6.07, 6.45) is 0. The Morgan fingerprint density at radius 3 is 2.27 bits per heavy atom.